The van der Waals surface area contributed by atoms with Crippen LogP contribution in [0.1, 0.15) is 0 Å². The van der Waals surface area contributed by atoms with Gasteiger partial charge in [0.1, 0.15) is 11.5 Å². The van der Waals surface area contributed by atoms with Crippen LogP contribution in [0.2, 0.25) is 0 Å². The Morgan fingerprint density at radius 1 is 0.750 bits per heavy atom. The number of fused-ring (bicyclic) bond motifs is 1. The Bertz CT molecular complexity index is 787. The molecule has 0 bridgehead atoms. The van der Waals surface area contributed by atoms with Crippen molar-refractivity contribution in [3.8, 4) is 11.5 Å². The molecule has 20 heavy (non-hydrogen) atoms. The maximum Gasteiger partial charge on any atom is 0.150 e. The molecule has 3 aromatic carbocycles. The van der Waals surface area contributed by atoms with Gasteiger partial charge in [-0.15, -0.1) is 0 Å². The third kappa shape index (κ3) is 2.81. The normalized spacial score (nSPS) is 10.7. The standard InChI is InChI=1S/C16H11Br2NO/c17-12-3-1-11-8-14(5-2-10(11)7-12)20-16-6-4-13(18)9-15(16)19/h1-9H,19H2. The summed E-state index contributed by atoms with van der Waals surface area (Å²) in [5.74, 6) is 1.43. The minimum absolute atomic E-state index is 0.607. The average molecular weight is 393 g/mol. The molecule has 0 heterocycles. The first-order chi connectivity index (χ1) is 9.61. The van der Waals surface area contributed by atoms with E-state index in [-0.39, 0.29) is 0 Å². The Morgan fingerprint density at radius 2 is 1.40 bits per heavy atom. The van der Waals surface area contributed by atoms with Crippen molar-refractivity contribution >= 4 is 48.3 Å². The van der Waals surface area contributed by atoms with Crippen molar-refractivity contribution in [2.75, 3.05) is 5.73 Å². The molecular weight excluding hydrogens is 382 g/mol. The summed E-state index contributed by atoms with van der Waals surface area (Å²) in [6, 6.07) is 17.7. The third-order valence-electron chi connectivity index (χ3n) is 2.97. The number of benzene rings is 3. The van der Waals surface area contributed by atoms with E-state index in [1.54, 1.807) is 0 Å². The second-order valence-corrected chi connectivity index (χ2v) is 6.27. The number of ether oxygens (including phenoxy) is 1. The summed E-state index contributed by atoms with van der Waals surface area (Å²) in [7, 11) is 0. The largest absolute Gasteiger partial charge is 0.455 e. The molecule has 0 unspecified atom stereocenters. The summed E-state index contributed by atoms with van der Waals surface area (Å²) in [5.41, 5.74) is 6.55. The van der Waals surface area contributed by atoms with Crippen LogP contribution in [0.25, 0.3) is 10.8 Å². The SMILES string of the molecule is Nc1cc(Br)ccc1Oc1ccc2cc(Br)ccc2c1. The molecular formula is C16H11Br2NO. The molecule has 0 aliphatic rings. The lowest BCUT2D eigenvalue weighted by Crippen LogP contribution is -1.92. The molecule has 0 saturated heterocycles. The highest BCUT2D eigenvalue weighted by atomic mass is 79.9. The lowest BCUT2D eigenvalue weighted by molar-refractivity contribution is 0.486. The molecule has 100 valence electrons. The van der Waals surface area contributed by atoms with Crippen LogP contribution in [0.5, 0.6) is 11.5 Å². The van der Waals surface area contributed by atoms with E-state index in [0.29, 0.717) is 11.4 Å². The first-order valence-electron chi connectivity index (χ1n) is 6.04. The molecule has 3 aromatic rings. The summed E-state index contributed by atoms with van der Waals surface area (Å²) in [6.45, 7) is 0. The van der Waals surface area contributed by atoms with E-state index in [1.165, 1.54) is 0 Å². The van der Waals surface area contributed by atoms with Crippen molar-refractivity contribution in [2.24, 2.45) is 0 Å². The van der Waals surface area contributed by atoms with Gasteiger partial charge < -0.3 is 10.5 Å². The zero-order chi connectivity index (χ0) is 14.1. The van der Waals surface area contributed by atoms with Crippen molar-refractivity contribution in [3.05, 3.63) is 63.5 Å². The monoisotopic (exact) mass is 391 g/mol. The predicted molar refractivity (Wildman–Crippen MR) is 90.3 cm³/mol. The van der Waals surface area contributed by atoms with Crippen LogP contribution in [0.15, 0.2) is 63.5 Å². The van der Waals surface area contributed by atoms with Gasteiger partial charge >= 0.3 is 0 Å². The molecule has 0 amide bonds. The molecule has 3 rings (SSSR count). The minimum atomic E-state index is 0.607. The molecule has 0 fully saturated rings. The van der Waals surface area contributed by atoms with Gasteiger partial charge in [0.05, 0.1) is 5.69 Å². The van der Waals surface area contributed by atoms with Crippen LogP contribution in [-0.2, 0) is 0 Å². The summed E-state index contributed by atoms with van der Waals surface area (Å²) >= 11 is 6.85. The first kappa shape index (κ1) is 13.5. The van der Waals surface area contributed by atoms with Gasteiger partial charge in [-0.2, -0.15) is 0 Å². The van der Waals surface area contributed by atoms with E-state index in [9.17, 15) is 0 Å². The number of rotatable bonds is 2. The van der Waals surface area contributed by atoms with Crippen LogP contribution in [0.3, 0.4) is 0 Å². The Morgan fingerprint density at radius 3 is 2.20 bits per heavy atom. The van der Waals surface area contributed by atoms with Crippen LogP contribution < -0.4 is 10.5 Å². The van der Waals surface area contributed by atoms with Gasteiger partial charge in [-0.25, -0.2) is 0 Å². The van der Waals surface area contributed by atoms with Crippen LogP contribution in [0.4, 0.5) is 5.69 Å². The molecule has 0 radical (unpaired) electrons. The topological polar surface area (TPSA) is 35.2 Å². The molecule has 0 aliphatic heterocycles. The van der Waals surface area contributed by atoms with Gasteiger partial charge in [0.2, 0.25) is 0 Å². The van der Waals surface area contributed by atoms with Crippen molar-refractivity contribution in [1.82, 2.24) is 0 Å². The fourth-order valence-corrected chi connectivity index (χ4v) is 2.75. The smallest absolute Gasteiger partial charge is 0.150 e. The minimum Gasteiger partial charge on any atom is -0.455 e. The molecule has 0 atom stereocenters. The quantitative estimate of drug-likeness (QED) is 0.564. The fraction of sp³-hybridized carbons (Fsp3) is 0. The van der Waals surface area contributed by atoms with E-state index >= 15 is 0 Å². The zero-order valence-corrected chi connectivity index (χ0v) is 13.6. The van der Waals surface area contributed by atoms with Crippen LogP contribution in [0, 0.1) is 0 Å². The maximum absolute atomic E-state index is 5.94. The summed E-state index contributed by atoms with van der Waals surface area (Å²) < 4.78 is 7.85. The van der Waals surface area contributed by atoms with E-state index in [0.717, 1.165) is 25.5 Å². The highest BCUT2D eigenvalue weighted by molar-refractivity contribution is 9.10. The van der Waals surface area contributed by atoms with Gasteiger partial charge in [-0.05, 0) is 53.2 Å². The van der Waals surface area contributed by atoms with Gasteiger partial charge in [-0.1, -0.05) is 44.0 Å². The van der Waals surface area contributed by atoms with Gasteiger partial charge in [0.25, 0.3) is 0 Å². The highest BCUT2D eigenvalue weighted by Crippen LogP contribution is 2.31. The van der Waals surface area contributed by atoms with Gasteiger partial charge in [-0.3, -0.25) is 0 Å². The first-order valence-corrected chi connectivity index (χ1v) is 7.62. The summed E-state index contributed by atoms with van der Waals surface area (Å²) in [4.78, 5) is 0. The Labute approximate surface area is 133 Å². The third-order valence-corrected chi connectivity index (χ3v) is 3.96. The second kappa shape index (κ2) is 5.46. The zero-order valence-electron chi connectivity index (χ0n) is 10.4. The highest BCUT2D eigenvalue weighted by Gasteiger charge is 2.04. The van der Waals surface area contributed by atoms with Gasteiger partial charge in [0.15, 0.2) is 0 Å². The number of halogens is 2. The average Bonchev–Trinajstić information content (AvgIpc) is 2.42. The molecule has 0 spiro atoms. The van der Waals surface area contributed by atoms with Crippen LogP contribution >= 0.6 is 31.9 Å². The van der Waals surface area contributed by atoms with Crippen molar-refractivity contribution in [1.29, 1.82) is 0 Å². The van der Waals surface area contributed by atoms with Crippen molar-refractivity contribution in [2.45, 2.75) is 0 Å². The number of hydrogen-bond donors (Lipinski definition) is 1. The molecule has 0 aliphatic carbocycles. The molecule has 2 nitrogen and oxygen atoms in total. The van der Waals surface area contributed by atoms with Gasteiger partial charge in [0, 0.05) is 8.95 Å². The number of hydrogen-bond acceptors (Lipinski definition) is 2. The number of nitrogen functional groups attached to an aromatic ring is 1. The number of anilines is 1. The molecule has 0 aromatic heterocycles. The Kier molecular flexibility index (Phi) is 3.68. The molecule has 2 N–H and O–H groups in total. The fourth-order valence-electron chi connectivity index (χ4n) is 2.00. The van der Waals surface area contributed by atoms with Crippen molar-refractivity contribution in [3.63, 3.8) is 0 Å². The lowest BCUT2D eigenvalue weighted by atomic mass is 10.1. The molecule has 4 heteroatoms. The van der Waals surface area contributed by atoms with E-state index in [4.69, 9.17) is 10.5 Å². The second-order valence-electron chi connectivity index (χ2n) is 4.44. The summed E-state index contributed by atoms with van der Waals surface area (Å²) in [6.07, 6.45) is 0. The van der Waals surface area contributed by atoms with E-state index < -0.39 is 0 Å². The van der Waals surface area contributed by atoms with Crippen LogP contribution in [-0.4, -0.2) is 0 Å². The Hall–Kier alpha value is -1.52. The summed E-state index contributed by atoms with van der Waals surface area (Å²) in [5, 5.41) is 2.29. The number of nitrogens with two attached hydrogens (primary N) is 1. The predicted octanol–water partition coefficient (Wildman–Crippen LogP) is 5.74. The lowest BCUT2D eigenvalue weighted by Gasteiger charge is -2.09. The maximum atomic E-state index is 5.94. The van der Waals surface area contributed by atoms with E-state index in [1.807, 2.05) is 42.5 Å². The Balaban J connectivity index is 1.96. The van der Waals surface area contributed by atoms with Crippen molar-refractivity contribution < 1.29 is 4.74 Å². The molecule has 0 saturated carbocycles. The van der Waals surface area contributed by atoms with E-state index in [2.05, 4.69) is 44.0 Å².